The van der Waals surface area contributed by atoms with E-state index in [2.05, 4.69) is 0 Å². The van der Waals surface area contributed by atoms with E-state index in [-0.39, 0.29) is 6.42 Å². The Balaban J connectivity index is 2.29. The van der Waals surface area contributed by atoms with Crippen LogP contribution in [0.15, 0.2) is 36.4 Å². The summed E-state index contributed by atoms with van der Waals surface area (Å²) in [5.41, 5.74) is -0.220. The standard InChI is InChI=1S/C15H14O3/c16-14(17)15(18)7-3-6-12-8-10-4-1-2-5-11(10)9-13(12)15/h1-2,4-5,8-9,18H,3,6-7H2,(H,16,17). The number of aryl methyl sites for hydroxylation is 1. The third-order valence-corrected chi connectivity index (χ3v) is 3.76. The first-order chi connectivity index (χ1) is 8.61. The molecule has 0 aliphatic heterocycles. The van der Waals surface area contributed by atoms with Crippen LogP contribution in [0.1, 0.15) is 24.0 Å². The van der Waals surface area contributed by atoms with Gasteiger partial charge in [-0.15, -0.1) is 0 Å². The highest BCUT2D eigenvalue weighted by molar-refractivity contribution is 5.88. The van der Waals surface area contributed by atoms with Gasteiger partial charge in [-0.05, 0) is 47.2 Å². The Kier molecular flexibility index (Phi) is 2.38. The molecule has 1 aliphatic carbocycles. The number of benzene rings is 2. The third kappa shape index (κ3) is 1.51. The summed E-state index contributed by atoms with van der Waals surface area (Å²) in [6.07, 6.45) is 1.82. The van der Waals surface area contributed by atoms with Gasteiger partial charge in [-0.2, -0.15) is 0 Å². The van der Waals surface area contributed by atoms with Crippen LogP contribution in [0.4, 0.5) is 0 Å². The normalized spacial score (nSPS) is 22.7. The van der Waals surface area contributed by atoms with Crippen LogP contribution >= 0.6 is 0 Å². The molecule has 0 aromatic heterocycles. The van der Waals surface area contributed by atoms with Crippen LogP contribution < -0.4 is 0 Å². The molecule has 1 atom stereocenters. The lowest BCUT2D eigenvalue weighted by Gasteiger charge is -2.31. The topological polar surface area (TPSA) is 57.5 Å². The fourth-order valence-electron chi connectivity index (χ4n) is 2.77. The van der Waals surface area contributed by atoms with Crippen LogP contribution in [-0.4, -0.2) is 16.2 Å². The molecule has 18 heavy (non-hydrogen) atoms. The molecule has 1 aliphatic rings. The van der Waals surface area contributed by atoms with Crippen LogP contribution in [0.3, 0.4) is 0 Å². The van der Waals surface area contributed by atoms with Gasteiger partial charge < -0.3 is 10.2 Å². The molecule has 0 amide bonds. The predicted molar refractivity (Wildman–Crippen MR) is 68.4 cm³/mol. The number of aliphatic hydroxyl groups is 1. The summed E-state index contributed by atoms with van der Waals surface area (Å²) in [5, 5.41) is 21.7. The Morgan fingerprint density at radius 2 is 1.83 bits per heavy atom. The number of hydrogen-bond donors (Lipinski definition) is 2. The summed E-state index contributed by atoms with van der Waals surface area (Å²) < 4.78 is 0. The number of carboxylic acid groups (broad SMARTS) is 1. The number of aliphatic carboxylic acids is 1. The molecular formula is C15H14O3. The maximum atomic E-state index is 11.3. The van der Waals surface area contributed by atoms with Crippen LogP contribution in [0.2, 0.25) is 0 Å². The summed E-state index contributed by atoms with van der Waals surface area (Å²) >= 11 is 0. The Morgan fingerprint density at radius 1 is 1.17 bits per heavy atom. The zero-order chi connectivity index (χ0) is 12.8. The molecule has 2 N–H and O–H groups in total. The molecule has 2 aromatic carbocycles. The van der Waals surface area contributed by atoms with E-state index in [0.717, 1.165) is 22.8 Å². The van der Waals surface area contributed by atoms with Crippen molar-refractivity contribution in [3.63, 3.8) is 0 Å². The maximum absolute atomic E-state index is 11.3. The van der Waals surface area contributed by atoms with Gasteiger partial charge in [0.05, 0.1) is 0 Å². The van der Waals surface area contributed by atoms with Crippen molar-refractivity contribution in [2.24, 2.45) is 0 Å². The summed E-state index contributed by atoms with van der Waals surface area (Å²) in [4.78, 5) is 11.3. The summed E-state index contributed by atoms with van der Waals surface area (Å²) in [6, 6.07) is 11.6. The summed E-state index contributed by atoms with van der Waals surface area (Å²) in [6.45, 7) is 0. The van der Waals surface area contributed by atoms with E-state index in [1.807, 2.05) is 36.4 Å². The van der Waals surface area contributed by atoms with Crippen molar-refractivity contribution in [2.45, 2.75) is 24.9 Å². The smallest absolute Gasteiger partial charge is 0.340 e. The second-order valence-corrected chi connectivity index (χ2v) is 4.88. The fraction of sp³-hybridized carbons (Fsp3) is 0.267. The Labute approximate surface area is 105 Å². The Morgan fingerprint density at radius 3 is 2.50 bits per heavy atom. The molecule has 92 valence electrons. The molecule has 0 saturated heterocycles. The van der Waals surface area contributed by atoms with E-state index >= 15 is 0 Å². The Bertz CT molecular complexity index is 633. The molecule has 0 heterocycles. The number of rotatable bonds is 1. The minimum Gasteiger partial charge on any atom is -0.479 e. The molecule has 2 aromatic rings. The van der Waals surface area contributed by atoms with Crippen molar-refractivity contribution in [3.05, 3.63) is 47.5 Å². The SMILES string of the molecule is O=C(O)C1(O)CCCc2cc3ccccc3cc21. The highest BCUT2D eigenvalue weighted by atomic mass is 16.4. The van der Waals surface area contributed by atoms with Crippen molar-refractivity contribution in [3.8, 4) is 0 Å². The number of hydrogen-bond acceptors (Lipinski definition) is 2. The molecular weight excluding hydrogens is 228 g/mol. The maximum Gasteiger partial charge on any atom is 0.340 e. The number of carboxylic acids is 1. The average Bonchev–Trinajstić information content (AvgIpc) is 2.37. The predicted octanol–water partition coefficient (Wildman–Crippen LogP) is 2.45. The lowest BCUT2D eigenvalue weighted by atomic mass is 9.78. The third-order valence-electron chi connectivity index (χ3n) is 3.76. The second kappa shape index (κ2) is 3.82. The van der Waals surface area contributed by atoms with Crippen molar-refractivity contribution >= 4 is 16.7 Å². The fourth-order valence-corrected chi connectivity index (χ4v) is 2.77. The van der Waals surface area contributed by atoms with Gasteiger partial charge in [0.1, 0.15) is 0 Å². The molecule has 1 unspecified atom stereocenters. The van der Waals surface area contributed by atoms with Gasteiger partial charge in [0.2, 0.25) is 0 Å². The molecule has 3 heteroatoms. The largest absolute Gasteiger partial charge is 0.479 e. The monoisotopic (exact) mass is 242 g/mol. The van der Waals surface area contributed by atoms with Crippen LogP contribution in [-0.2, 0) is 16.8 Å². The minimum atomic E-state index is -1.72. The quantitative estimate of drug-likeness (QED) is 0.807. The van der Waals surface area contributed by atoms with Crippen molar-refractivity contribution < 1.29 is 15.0 Å². The average molecular weight is 242 g/mol. The van der Waals surface area contributed by atoms with Gasteiger partial charge in [-0.1, -0.05) is 30.3 Å². The van der Waals surface area contributed by atoms with Crippen LogP contribution in [0, 0.1) is 0 Å². The molecule has 0 spiro atoms. The first kappa shape index (κ1) is 11.2. The molecule has 3 rings (SSSR count). The van der Waals surface area contributed by atoms with E-state index in [1.165, 1.54) is 0 Å². The van der Waals surface area contributed by atoms with Gasteiger partial charge in [0.15, 0.2) is 5.60 Å². The molecule has 0 radical (unpaired) electrons. The van der Waals surface area contributed by atoms with E-state index in [4.69, 9.17) is 0 Å². The van der Waals surface area contributed by atoms with E-state index < -0.39 is 11.6 Å². The molecule has 3 nitrogen and oxygen atoms in total. The van der Waals surface area contributed by atoms with Gasteiger partial charge >= 0.3 is 5.97 Å². The number of fused-ring (bicyclic) bond motifs is 2. The summed E-state index contributed by atoms with van der Waals surface area (Å²) in [7, 11) is 0. The van der Waals surface area contributed by atoms with Crippen LogP contribution in [0.5, 0.6) is 0 Å². The molecule has 0 saturated carbocycles. The highest BCUT2D eigenvalue weighted by Gasteiger charge is 2.41. The first-order valence-corrected chi connectivity index (χ1v) is 6.09. The highest BCUT2D eigenvalue weighted by Crippen LogP contribution is 2.37. The van der Waals surface area contributed by atoms with Gasteiger partial charge in [-0.3, -0.25) is 0 Å². The molecule has 0 fully saturated rings. The van der Waals surface area contributed by atoms with E-state index in [0.29, 0.717) is 12.0 Å². The van der Waals surface area contributed by atoms with Gasteiger partial charge in [-0.25, -0.2) is 4.79 Å². The summed E-state index contributed by atoms with van der Waals surface area (Å²) in [5.74, 6) is -1.15. The lowest BCUT2D eigenvalue weighted by Crippen LogP contribution is -2.38. The van der Waals surface area contributed by atoms with E-state index in [1.54, 1.807) is 0 Å². The molecule has 0 bridgehead atoms. The number of carbonyl (C=O) groups is 1. The van der Waals surface area contributed by atoms with Crippen molar-refractivity contribution in [2.75, 3.05) is 0 Å². The van der Waals surface area contributed by atoms with Crippen molar-refractivity contribution in [1.82, 2.24) is 0 Å². The lowest BCUT2D eigenvalue weighted by molar-refractivity contribution is -0.161. The zero-order valence-corrected chi connectivity index (χ0v) is 9.89. The Hall–Kier alpha value is -1.87. The zero-order valence-electron chi connectivity index (χ0n) is 9.89. The van der Waals surface area contributed by atoms with E-state index in [9.17, 15) is 15.0 Å². The van der Waals surface area contributed by atoms with Gasteiger partial charge in [0, 0.05) is 0 Å². The van der Waals surface area contributed by atoms with Crippen molar-refractivity contribution in [1.29, 1.82) is 0 Å². The minimum absolute atomic E-state index is 0.285. The van der Waals surface area contributed by atoms with Crippen LogP contribution in [0.25, 0.3) is 10.8 Å². The first-order valence-electron chi connectivity index (χ1n) is 6.09. The second-order valence-electron chi connectivity index (χ2n) is 4.88. The van der Waals surface area contributed by atoms with Gasteiger partial charge in [0.25, 0.3) is 0 Å².